The van der Waals surface area contributed by atoms with Crippen LogP contribution in [0.1, 0.15) is 51.1 Å². The molecule has 1 nitrogen and oxygen atoms in total. The lowest BCUT2D eigenvalue weighted by molar-refractivity contribution is 0.598. The molecule has 0 spiro atoms. The molecule has 0 bridgehead atoms. The monoisotopic (exact) mass is 263 g/mol. The van der Waals surface area contributed by atoms with Crippen molar-refractivity contribution in [2.45, 2.75) is 50.5 Å². The molecule has 2 rings (SSSR count). The maximum Gasteiger partial charge on any atom is 0.0291 e. The molecule has 2 heteroatoms. The maximum atomic E-state index is 3.45. The minimum atomic E-state index is 0.462. The average Bonchev–Trinajstić information content (AvgIpc) is 2.90. The smallest absolute Gasteiger partial charge is 0.0291 e. The van der Waals surface area contributed by atoms with E-state index >= 15 is 0 Å². The second-order valence-electron chi connectivity index (χ2n) is 5.31. The lowest BCUT2D eigenvalue weighted by Crippen LogP contribution is -2.17. The zero-order valence-corrected chi connectivity index (χ0v) is 12.4. The van der Waals surface area contributed by atoms with Gasteiger partial charge in [-0.25, -0.2) is 0 Å². The highest BCUT2D eigenvalue weighted by Gasteiger charge is 2.14. The SMILES string of the molecule is CCNC(C)c1ccc(SCC2CCCC2)cc1. The second kappa shape index (κ2) is 7.20. The summed E-state index contributed by atoms with van der Waals surface area (Å²) in [6.45, 7) is 5.41. The summed E-state index contributed by atoms with van der Waals surface area (Å²) in [5.41, 5.74) is 1.39. The Balaban J connectivity index is 1.83. The molecule has 1 atom stereocenters. The summed E-state index contributed by atoms with van der Waals surface area (Å²) in [6, 6.07) is 9.56. The van der Waals surface area contributed by atoms with Gasteiger partial charge in [-0.3, -0.25) is 0 Å². The second-order valence-corrected chi connectivity index (χ2v) is 6.40. The molecule has 1 fully saturated rings. The fourth-order valence-electron chi connectivity index (χ4n) is 2.67. The summed E-state index contributed by atoms with van der Waals surface area (Å²) in [4.78, 5) is 1.43. The Morgan fingerprint density at radius 3 is 2.50 bits per heavy atom. The summed E-state index contributed by atoms with van der Waals surface area (Å²) in [5, 5.41) is 3.45. The molecule has 0 radical (unpaired) electrons. The third-order valence-electron chi connectivity index (χ3n) is 3.85. The molecule has 0 heterocycles. The van der Waals surface area contributed by atoms with E-state index < -0.39 is 0 Å². The van der Waals surface area contributed by atoms with E-state index in [0.29, 0.717) is 6.04 Å². The molecule has 0 saturated heterocycles. The fraction of sp³-hybridized carbons (Fsp3) is 0.625. The highest BCUT2D eigenvalue weighted by atomic mass is 32.2. The molecule has 1 aliphatic carbocycles. The van der Waals surface area contributed by atoms with Crippen LogP contribution in [0.25, 0.3) is 0 Å². The van der Waals surface area contributed by atoms with Gasteiger partial charge in [0.05, 0.1) is 0 Å². The van der Waals surface area contributed by atoms with Gasteiger partial charge in [0.1, 0.15) is 0 Å². The molecule has 1 aromatic carbocycles. The summed E-state index contributed by atoms with van der Waals surface area (Å²) in [6.07, 6.45) is 5.79. The van der Waals surface area contributed by atoms with Gasteiger partial charge in [-0.1, -0.05) is 31.9 Å². The van der Waals surface area contributed by atoms with Gasteiger partial charge in [0, 0.05) is 16.7 Å². The van der Waals surface area contributed by atoms with Gasteiger partial charge in [0.2, 0.25) is 0 Å². The minimum Gasteiger partial charge on any atom is -0.310 e. The third-order valence-corrected chi connectivity index (χ3v) is 5.09. The first kappa shape index (κ1) is 14.0. The first-order valence-corrected chi connectivity index (χ1v) is 8.24. The third kappa shape index (κ3) is 4.03. The highest BCUT2D eigenvalue weighted by Crippen LogP contribution is 2.31. The van der Waals surface area contributed by atoms with Crippen LogP contribution in [0.2, 0.25) is 0 Å². The van der Waals surface area contributed by atoms with E-state index in [1.165, 1.54) is 41.9 Å². The molecular weight excluding hydrogens is 238 g/mol. The lowest BCUT2D eigenvalue weighted by Gasteiger charge is -2.13. The molecule has 100 valence electrons. The number of rotatable bonds is 6. The van der Waals surface area contributed by atoms with Crippen molar-refractivity contribution >= 4 is 11.8 Å². The van der Waals surface area contributed by atoms with Crippen molar-refractivity contribution in [1.29, 1.82) is 0 Å². The standard InChI is InChI=1S/C16H25NS/c1-3-17-13(2)15-8-10-16(11-9-15)18-12-14-6-4-5-7-14/h8-11,13-14,17H,3-7,12H2,1-2H3. The van der Waals surface area contributed by atoms with Crippen LogP contribution in [0.4, 0.5) is 0 Å². The van der Waals surface area contributed by atoms with Crippen LogP contribution in [0.15, 0.2) is 29.2 Å². The van der Waals surface area contributed by atoms with Crippen LogP contribution in [-0.4, -0.2) is 12.3 Å². The Kier molecular flexibility index (Phi) is 5.58. The van der Waals surface area contributed by atoms with E-state index in [9.17, 15) is 0 Å². The average molecular weight is 263 g/mol. The molecule has 1 N–H and O–H groups in total. The van der Waals surface area contributed by atoms with Crippen LogP contribution in [0.3, 0.4) is 0 Å². The number of nitrogens with one attached hydrogen (secondary N) is 1. The number of hydrogen-bond donors (Lipinski definition) is 1. The van der Waals surface area contributed by atoms with Gasteiger partial charge in [-0.2, -0.15) is 0 Å². The Labute approximate surface area is 116 Å². The molecule has 18 heavy (non-hydrogen) atoms. The molecule has 0 amide bonds. The zero-order chi connectivity index (χ0) is 12.8. The number of benzene rings is 1. The highest BCUT2D eigenvalue weighted by molar-refractivity contribution is 7.99. The normalized spacial score (nSPS) is 18.1. The lowest BCUT2D eigenvalue weighted by atomic mass is 10.1. The van der Waals surface area contributed by atoms with Crippen LogP contribution in [0, 0.1) is 5.92 Å². The Morgan fingerprint density at radius 1 is 1.22 bits per heavy atom. The predicted molar refractivity (Wildman–Crippen MR) is 81.2 cm³/mol. The summed E-state index contributed by atoms with van der Waals surface area (Å²) in [7, 11) is 0. The summed E-state index contributed by atoms with van der Waals surface area (Å²) in [5.74, 6) is 2.28. The molecule has 1 unspecified atom stereocenters. The first-order chi connectivity index (χ1) is 8.79. The number of thioether (sulfide) groups is 1. The van der Waals surface area contributed by atoms with E-state index in [-0.39, 0.29) is 0 Å². The van der Waals surface area contributed by atoms with Crippen molar-refractivity contribution in [1.82, 2.24) is 5.32 Å². The maximum absolute atomic E-state index is 3.45. The van der Waals surface area contributed by atoms with E-state index in [1.54, 1.807) is 0 Å². The van der Waals surface area contributed by atoms with E-state index in [0.717, 1.165) is 12.5 Å². The van der Waals surface area contributed by atoms with Crippen molar-refractivity contribution in [3.63, 3.8) is 0 Å². The largest absolute Gasteiger partial charge is 0.310 e. The van der Waals surface area contributed by atoms with Crippen molar-refractivity contribution in [2.24, 2.45) is 5.92 Å². The Morgan fingerprint density at radius 2 is 1.89 bits per heavy atom. The molecule has 1 aromatic rings. The minimum absolute atomic E-state index is 0.462. The van der Waals surface area contributed by atoms with E-state index in [1.807, 2.05) is 11.8 Å². The zero-order valence-electron chi connectivity index (χ0n) is 11.6. The van der Waals surface area contributed by atoms with Gasteiger partial charge in [-0.15, -0.1) is 11.8 Å². The Bertz CT molecular complexity index is 341. The van der Waals surface area contributed by atoms with Crippen LogP contribution in [0.5, 0.6) is 0 Å². The Hall–Kier alpha value is -0.470. The molecule has 1 saturated carbocycles. The van der Waals surface area contributed by atoms with Crippen LogP contribution < -0.4 is 5.32 Å². The molecule has 0 aliphatic heterocycles. The van der Waals surface area contributed by atoms with Gasteiger partial charge in [0.15, 0.2) is 0 Å². The van der Waals surface area contributed by atoms with Gasteiger partial charge in [0.25, 0.3) is 0 Å². The molecule has 0 aromatic heterocycles. The van der Waals surface area contributed by atoms with E-state index in [2.05, 4.69) is 43.4 Å². The van der Waals surface area contributed by atoms with E-state index in [4.69, 9.17) is 0 Å². The molecule has 1 aliphatic rings. The summed E-state index contributed by atoms with van der Waals surface area (Å²) < 4.78 is 0. The number of hydrogen-bond acceptors (Lipinski definition) is 2. The van der Waals surface area contributed by atoms with Gasteiger partial charge >= 0.3 is 0 Å². The van der Waals surface area contributed by atoms with Crippen molar-refractivity contribution in [3.05, 3.63) is 29.8 Å². The van der Waals surface area contributed by atoms with Gasteiger partial charge in [-0.05, 0) is 49.9 Å². The van der Waals surface area contributed by atoms with Crippen molar-refractivity contribution in [3.8, 4) is 0 Å². The van der Waals surface area contributed by atoms with Gasteiger partial charge < -0.3 is 5.32 Å². The quantitative estimate of drug-likeness (QED) is 0.750. The first-order valence-electron chi connectivity index (χ1n) is 7.25. The van der Waals surface area contributed by atoms with Crippen molar-refractivity contribution in [2.75, 3.05) is 12.3 Å². The van der Waals surface area contributed by atoms with Crippen molar-refractivity contribution < 1.29 is 0 Å². The van der Waals surface area contributed by atoms with Crippen LogP contribution >= 0.6 is 11.8 Å². The molecular formula is C16H25NS. The summed E-state index contributed by atoms with van der Waals surface area (Å²) >= 11 is 2.03. The topological polar surface area (TPSA) is 12.0 Å². The predicted octanol–water partition coefficient (Wildman–Crippen LogP) is 4.64. The fourth-order valence-corrected chi connectivity index (χ4v) is 3.76. The van der Waals surface area contributed by atoms with Crippen LogP contribution in [-0.2, 0) is 0 Å².